The number of rotatable bonds is 60. The van der Waals surface area contributed by atoms with Crippen molar-refractivity contribution in [3.05, 3.63) is 162 Å². The van der Waals surface area contributed by atoms with Gasteiger partial charge in [0, 0.05) is 117 Å². The van der Waals surface area contributed by atoms with Crippen LogP contribution >= 0.6 is 0 Å². The van der Waals surface area contributed by atoms with Crippen LogP contribution in [0.3, 0.4) is 0 Å². The Bertz CT molecular complexity index is 5620. The number of imidazole rings is 2. The summed E-state index contributed by atoms with van der Waals surface area (Å²) in [6.45, 7) is 11.2. The third kappa shape index (κ3) is 43.2. The summed E-state index contributed by atoms with van der Waals surface area (Å²) >= 11 is 0. The fourth-order valence-corrected chi connectivity index (χ4v) is 13.1. The SMILES string of the molecule is C=CCOC(=O)N(CCNC(=O)CN(CCNC(=O)CN(CCNC(=O)CN(CCNC(=O)CCCCCNC(=O)OC(C)(C)C)C(=O)Cn1ccc(=O)[nH]c1=O)C(=O)OCC=C)C(=O)OCC=C)CC(=O)NCCN(CC(=O)NCCN(CC(=O)NCCCCCC(=O)OC(C)(C)C)C(=O)Cn1cnc2c(OCc3ccccc3)nc(N)nc21)C(=O)Cn1cnc2c(NC(=O)OCc3ccccc3)ncnc21. The topological polar surface area (TPSA) is 634 Å². The summed E-state index contributed by atoms with van der Waals surface area (Å²) in [5.74, 6) is -7.74. The lowest BCUT2D eigenvalue weighted by Crippen LogP contribution is -2.49. The minimum Gasteiger partial charge on any atom is -0.471 e. The van der Waals surface area contributed by atoms with Gasteiger partial charge in [0.1, 0.15) is 89.8 Å². The predicted octanol–water partition coefficient (Wildman–Crippen LogP) is 1.29. The van der Waals surface area contributed by atoms with E-state index < -0.39 is 185 Å². The number of hydrogen-bond acceptors (Lipinski definition) is 32. The smallest absolute Gasteiger partial charge is 0.413 e. The number of hydrogen-bond donors (Lipinski definition) is 11. The highest BCUT2D eigenvalue weighted by Crippen LogP contribution is 2.24. The Morgan fingerprint density at radius 2 is 0.811 bits per heavy atom. The second-order valence-corrected chi connectivity index (χ2v) is 33.8. The van der Waals surface area contributed by atoms with Crippen molar-refractivity contribution in [3.8, 4) is 5.88 Å². The van der Waals surface area contributed by atoms with Crippen LogP contribution in [0.4, 0.5) is 35.7 Å². The van der Waals surface area contributed by atoms with Crippen molar-refractivity contribution in [3.63, 3.8) is 0 Å². The zero-order valence-electron chi connectivity index (χ0n) is 81.0. The number of aromatic nitrogens is 10. The molecule has 5 heterocycles. The maximum Gasteiger partial charge on any atom is 0.413 e. The molecule has 0 aliphatic carbocycles. The number of esters is 1. The van der Waals surface area contributed by atoms with E-state index >= 15 is 0 Å². The van der Waals surface area contributed by atoms with Crippen molar-refractivity contribution in [2.24, 2.45) is 0 Å². The third-order valence-corrected chi connectivity index (χ3v) is 19.9. The van der Waals surface area contributed by atoms with Crippen LogP contribution in [0.2, 0.25) is 0 Å². The van der Waals surface area contributed by atoms with Crippen molar-refractivity contribution in [2.45, 2.75) is 137 Å². The molecule has 774 valence electrons. The molecule has 0 atom stereocenters. The first kappa shape index (κ1) is 114. The molecule has 7 rings (SSSR count). The molecule has 15 amide bonds. The summed E-state index contributed by atoms with van der Waals surface area (Å²) < 4.78 is 41.3. The monoisotopic (exact) mass is 1990 g/mol. The van der Waals surface area contributed by atoms with E-state index in [1.165, 1.54) is 44.9 Å². The average molecular weight is 2000 g/mol. The number of carbonyl (C=O) groups is 16. The lowest BCUT2D eigenvalue weighted by molar-refractivity contribution is -0.155. The second kappa shape index (κ2) is 59.8. The van der Waals surface area contributed by atoms with Gasteiger partial charge in [-0.05, 0) is 78.4 Å². The van der Waals surface area contributed by atoms with E-state index in [0.29, 0.717) is 50.6 Å². The number of benzene rings is 2. The van der Waals surface area contributed by atoms with Gasteiger partial charge >= 0.3 is 42.1 Å². The van der Waals surface area contributed by atoms with E-state index in [4.69, 9.17) is 38.9 Å². The maximum absolute atomic E-state index is 14.7. The quantitative estimate of drug-likeness (QED) is 0.0111. The van der Waals surface area contributed by atoms with E-state index in [9.17, 15) is 86.3 Å². The Morgan fingerprint density at radius 3 is 1.26 bits per heavy atom. The van der Waals surface area contributed by atoms with Crippen molar-refractivity contribution in [2.75, 3.05) is 162 Å². The molecule has 0 unspecified atom stereocenters. The first-order valence-corrected chi connectivity index (χ1v) is 45.9. The Hall–Kier alpha value is -16.4. The normalized spacial score (nSPS) is 11.0. The van der Waals surface area contributed by atoms with Gasteiger partial charge in [-0.15, -0.1) is 0 Å². The molecule has 51 heteroatoms. The highest BCUT2D eigenvalue weighted by atomic mass is 16.6. The molecule has 143 heavy (non-hydrogen) atoms. The van der Waals surface area contributed by atoms with Crippen LogP contribution in [0, 0.1) is 0 Å². The van der Waals surface area contributed by atoms with Crippen molar-refractivity contribution in [1.29, 1.82) is 0 Å². The fraction of sp³-hybridized carbons (Fsp3) is 0.478. The molecule has 51 nitrogen and oxygen atoms in total. The van der Waals surface area contributed by atoms with Crippen molar-refractivity contribution >= 4 is 130 Å². The second-order valence-electron chi connectivity index (χ2n) is 33.8. The molecule has 2 aromatic carbocycles. The van der Waals surface area contributed by atoms with Gasteiger partial charge < -0.3 is 105 Å². The highest BCUT2D eigenvalue weighted by Gasteiger charge is 2.30. The van der Waals surface area contributed by atoms with Gasteiger partial charge in [0.25, 0.3) is 5.56 Å². The number of carbonyl (C=O) groups excluding carboxylic acids is 16. The van der Waals surface area contributed by atoms with Gasteiger partial charge in [0.15, 0.2) is 28.1 Å². The van der Waals surface area contributed by atoms with E-state index in [-0.39, 0.29) is 163 Å². The lowest BCUT2D eigenvalue weighted by Gasteiger charge is -2.25. The number of nitrogens with zero attached hydrogens (tertiary/aromatic N) is 15. The molecule has 0 saturated carbocycles. The standard InChI is InChI=1S/C92H126N26O25/c1-10-47-137-88(134)114(44-37-98-70(123)51-110(74(127)56-113-40-31-67(120)106-85(113)131)41-34-95-66(119)29-21-15-24-33-101-86(132)143-92(7,8)9)54-72(125)100-39-46-116(90(136)139-49-12-3)55-73(126)99-38-45-115(89(135)138-48-11-2)53-71(124)97-36-43-112(75(128)57-117-62-104-78-80(102-61-103-81(78)117)107-87(133)141-60-65-27-19-14-20-28-65)52-69(122)96-35-42-111(50-68(121)94-32-23-16-22-30-77(130)142-91(4,5)6)76(129)58-118-63-105-79-82(118)108-84(93)109-83(79)140-59-64-25-17-13-18-26-64/h10-14,17-20,25-28,31,40,61-63H,1-3,15-16,21-24,29-30,32-39,41-60H2,4-9H3,(H,94,121)(H,95,119)(H,96,122)(H,97,124)(H,98,123)(H,99,126)(H,100,125)(H,101,132)(H2,93,108,109)(H,106,120,131)(H,102,103,107,133). The van der Waals surface area contributed by atoms with Gasteiger partial charge in [-0.1, -0.05) is 111 Å². The molecule has 0 aliphatic rings. The Morgan fingerprint density at radius 1 is 0.413 bits per heavy atom. The largest absolute Gasteiger partial charge is 0.471 e. The molecule has 7 aromatic rings. The number of amides is 15. The van der Waals surface area contributed by atoms with Crippen LogP contribution < -0.4 is 69.6 Å². The number of ether oxygens (including phenoxy) is 7. The third-order valence-electron chi connectivity index (χ3n) is 19.9. The molecule has 5 aromatic heterocycles. The molecule has 0 spiro atoms. The number of nitrogen functional groups attached to an aromatic ring is 1. The van der Waals surface area contributed by atoms with E-state index in [1.54, 1.807) is 71.9 Å². The number of aromatic amines is 1. The minimum absolute atomic E-state index is 0.0398. The zero-order chi connectivity index (χ0) is 104. The molecule has 0 aliphatic heterocycles. The number of anilines is 2. The maximum atomic E-state index is 14.7. The molecular weight excluding hydrogens is 1870 g/mol. The lowest BCUT2D eigenvalue weighted by atomic mass is 10.1. The zero-order valence-corrected chi connectivity index (χ0v) is 81.0. The molecule has 12 N–H and O–H groups in total. The number of nitrogens with one attached hydrogen (secondary N) is 10. The predicted molar refractivity (Wildman–Crippen MR) is 515 cm³/mol. The van der Waals surface area contributed by atoms with E-state index in [1.807, 2.05) is 35.3 Å². The minimum atomic E-state index is -1.05. The molecular formula is C92H126N26O25. The number of nitrogens with two attached hydrogens (primary N) is 1. The van der Waals surface area contributed by atoms with Gasteiger partial charge in [-0.25, -0.2) is 48.7 Å². The number of fused-ring (bicyclic) bond motifs is 2. The Balaban J connectivity index is 0.974. The number of H-pyrrole nitrogens is 1. The van der Waals surface area contributed by atoms with E-state index in [2.05, 4.69) is 97.5 Å². The average Bonchev–Trinajstić information content (AvgIpc) is 1.65. The molecule has 0 bridgehead atoms. The van der Waals surface area contributed by atoms with Crippen molar-refractivity contribution < 1.29 is 110 Å². The van der Waals surface area contributed by atoms with Gasteiger partial charge in [0.05, 0.1) is 32.3 Å². The molecule has 0 saturated heterocycles. The van der Waals surface area contributed by atoms with Gasteiger partial charge in [-0.2, -0.15) is 9.97 Å². The number of alkyl carbamates (subject to hydrolysis) is 1. The van der Waals surface area contributed by atoms with Crippen LogP contribution in [-0.4, -0.2) is 335 Å². The van der Waals surface area contributed by atoms with Gasteiger partial charge in [-0.3, -0.25) is 87.1 Å². The Kier molecular flexibility index (Phi) is 47.4. The first-order chi connectivity index (χ1) is 68.4. The summed E-state index contributed by atoms with van der Waals surface area (Å²) in [4.78, 5) is 274. The van der Waals surface area contributed by atoms with Crippen LogP contribution in [0.15, 0.2) is 139 Å². The summed E-state index contributed by atoms with van der Waals surface area (Å²) in [6, 6.07) is 19.1. The van der Waals surface area contributed by atoms with Crippen LogP contribution in [0.25, 0.3) is 22.3 Å². The van der Waals surface area contributed by atoms with Crippen molar-refractivity contribution in [1.82, 2.24) is 121 Å². The van der Waals surface area contributed by atoms with E-state index in [0.717, 1.165) is 53.2 Å². The van der Waals surface area contributed by atoms with Crippen LogP contribution in [-0.2, 0) is 114 Å². The summed E-state index contributed by atoms with van der Waals surface area (Å²) in [7, 11) is 0. The molecule has 0 fully saturated rings. The van der Waals surface area contributed by atoms with Crippen LogP contribution in [0.5, 0.6) is 5.88 Å². The molecule has 0 radical (unpaired) electrons. The summed E-state index contributed by atoms with van der Waals surface area (Å²) in [5, 5.41) is 23.6. The number of unbranched alkanes of at least 4 members (excludes halogenated alkanes) is 4. The Labute approximate surface area is 822 Å². The highest BCUT2D eigenvalue weighted by molar-refractivity contribution is 5.95. The van der Waals surface area contributed by atoms with Gasteiger partial charge in [0.2, 0.25) is 70.9 Å². The fourth-order valence-electron chi connectivity index (χ4n) is 13.1. The summed E-state index contributed by atoms with van der Waals surface area (Å²) in [6.07, 6.45) is 7.32. The van der Waals surface area contributed by atoms with Crippen LogP contribution in [0.1, 0.15) is 104 Å². The first-order valence-electron chi connectivity index (χ1n) is 45.9. The summed E-state index contributed by atoms with van der Waals surface area (Å²) in [5.41, 5.74) is 5.11.